The minimum Gasteiger partial charge on any atom is -0.330 e. The molecule has 0 spiro atoms. The van der Waals surface area contributed by atoms with Crippen LogP contribution in [-0.4, -0.2) is 14.1 Å². The number of nitrogens with zero attached hydrogens (tertiary/aromatic N) is 3. The predicted octanol–water partition coefficient (Wildman–Crippen LogP) is 5.38. The summed E-state index contributed by atoms with van der Waals surface area (Å²) in [6.07, 6.45) is 1.46. The first-order chi connectivity index (χ1) is 15.0. The number of fused-ring (bicyclic) bond motifs is 3. The van der Waals surface area contributed by atoms with Crippen molar-refractivity contribution in [2.75, 3.05) is 0 Å². The maximum atomic E-state index is 14.5. The molecule has 0 radical (unpaired) electrons. The Labute approximate surface area is 181 Å². The Hall–Kier alpha value is -3.51. The van der Waals surface area contributed by atoms with E-state index in [1.165, 1.54) is 35.2 Å². The highest BCUT2D eigenvalue weighted by molar-refractivity contribution is 6.31. The van der Waals surface area contributed by atoms with Gasteiger partial charge >= 0.3 is 0 Å². The van der Waals surface area contributed by atoms with E-state index in [9.17, 15) is 13.6 Å². The quantitative estimate of drug-likeness (QED) is 0.380. The van der Waals surface area contributed by atoms with Crippen LogP contribution < -0.4 is 5.56 Å². The van der Waals surface area contributed by atoms with E-state index in [4.69, 9.17) is 11.6 Å². The number of hydrogen-bond acceptors (Lipinski definition) is 2. The molecule has 0 aliphatic carbocycles. The number of aromatic nitrogens is 3. The van der Waals surface area contributed by atoms with Crippen LogP contribution in [0.4, 0.5) is 8.78 Å². The molecule has 31 heavy (non-hydrogen) atoms. The summed E-state index contributed by atoms with van der Waals surface area (Å²) in [5.41, 5.74) is 2.13. The highest BCUT2D eigenvalue weighted by atomic mass is 35.5. The highest BCUT2D eigenvalue weighted by Gasteiger charge is 2.19. The summed E-state index contributed by atoms with van der Waals surface area (Å²) < 4.78 is 31.7. The summed E-state index contributed by atoms with van der Waals surface area (Å²) in [6, 6.07) is 18.2. The van der Waals surface area contributed by atoms with Crippen LogP contribution in [0.1, 0.15) is 11.1 Å². The fraction of sp³-hybridized carbons (Fsp3) is 0.0833. The number of benzene rings is 3. The van der Waals surface area contributed by atoms with Crippen LogP contribution in [0.25, 0.3) is 21.9 Å². The van der Waals surface area contributed by atoms with Crippen molar-refractivity contribution < 1.29 is 8.78 Å². The lowest BCUT2D eigenvalue weighted by molar-refractivity contribution is 0.603. The molecular weight excluding hydrogens is 420 g/mol. The van der Waals surface area contributed by atoms with Gasteiger partial charge in [-0.15, -0.1) is 0 Å². The molecule has 0 atom stereocenters. The van der Waals surface area contributed by atoms with Crippen LogP contribution >= 0.6 is 11.6 Å². The molecule has 0 fully saturated rings. The standard InChI is InChI=1S/C24H16ClF2N3O/c25-19-7-4-8-20(27)18(19)13-30-21-10-9-16(26)11-17(21)22-23(30)24(31)29(14-28-22)12-15-5-2-1-3-6-15/h1-11,14H,12-13H2. The van der Waals surface area contributed by atoms with Crippen molar-refractivity contribution in [2.45, 2.75) is 13.1 Å². The zero-order valence-electron chi connectivity index (χ0n) is 16.2. The van der Waals surface area contributed by atoms with E-state index < -0.39 is 11.6 Å². The van der Waals surface area contributed by atoms with Gasteiger partial charge < -0.3 is 4.57 Å². The van der Waals surface area contributed by atoms with E-state index in [2.05, 4.69) is 4.98 Å². The molecule has 0 N–H and O–H groups in total. The van der Waals surface area contributed by atoms with E-state index in [0.717, 1.165) is 5.56 Å². The summed E-state index contributed by atoms with van der Waals surface area (Å²) in [6.45, 7) is 0.350. The van der Waals surface area contributed by atoms with Gasteiger partial charge in [-0.25, -0.2) is 13.8 Å². The van der Waals surface area contributed by atoms with Gasteiger partial charge in [0.1, 0.15) is 22.7 Å². The molecule has 7 heteroatoms. The van der Waals surface area contributed by atoms with Gasteiger partial charge in [-0.1, -0.05) is 48.0 Å². The van der Waals surface area contributed by atoms with E-state index in [1.807, 2.05) is 30.3 Å². The molecule has 2 aromatic heterocycles. The van der Waals surface area contributed by atoms with Crippen LogP contribution in [0.2, 0.25) is 5.02 Å². The van der Waals surface area contributed by atoms with Gasteiger partial charge in [0.25, 0.3) is 5.56 Å². The van der Waals surface area contributed by atoms with Crippen LogP contribution in [0.3, 0.4) is 0 Å². The summed E-state index contributed by atoms with van der Waals surface area (Å²) in [4.78, 5) is 17.9. The molecule has 0 saturated heterocycles. The van der Waals surface area contributed by atoms with Crippen molar-refractivity contribution >= 4 is 33.5 Å². The average molecular weight is 436 g/mol. The Morgan fingerprint density at radius 1 is 0.935 bits per heavy atom. The Bertz CT molecular complexity index is 1470. The van der Waals surface area contributed by atoms with Gasteiger partial charge in [-0.3, -0.25) is 9.36 Å². The lowest BCUT2D eigenvalue weighted by atomic mass is 10.2. The van der Waals surface area contributed by atoms with E-state index >= 15 is 0 Å². The number of halogens is 3. The van der Waals surface area contributed by atoms with E-state index in [1.54, 1.807) is 16.7 Å². The van der Waals surface area contributed by atoms with Crippen molar-refractivity contribution in [1.29, 1.82) is 0 Å². The zero-order chi connectivity index (χ0) is 21.5. The van der Waals surface area contributed by atoms with Gasteiger partial charge in [0.15, 0.2) is 0 Å². The lowest BCUT2D eigenvalue weighted by Crippen LogP contribution is -2.23. The fourth-order valence-electron chi connectivity index (χ4n) is 3.87. The molecule has 0 unspecified atom stereocenters. The van der Waals surface area contributed by atoms with Crippen molar-refractivity contribution in [1.82, 2.24) is 14.1 Å². The van der Waals surface area contributed by atoms with Crippen LogP contribution in [0.5, 0.6) is 0 Å². The monoisotopic (exact) mass is 435 g/mol. The summed E-state index contributed by atoms with van der Waals surface area (Å²) in [5.74, 6) is -0.913. The largest absolute Gasteiger partial charge is 0.330 e. The molecule has 4 nitrogen and oxygen atoms in total. The molecule has 0 bridgehead atoms. The highest BCUT2D eigenvalue weighted by Crippen LogP contribution is 2.29. The fourth-order valence-corrected chi connectivity index (χ4v) is 4.09. The molecule has 3 aromatic carbocycles. The second-order valence-electron chi connectivity index (χ2n) is 7.31. The van der Waals surface area contributed by atoms with Crippen molar-refractivity contribution in [2.24, 2.45) is 0 Å². The molecule has 5 rings (SSSR count). The molecule has 0 aliphatic rings. The maximum absolute atomic E-state index is 14.5. The van der Waals surface area contributed by atoms with Gasteiger partial charge in [0.2, 0.25) is 0 Å². The summed E-state index contributed by atoms with van der Waals surface area (Å²) in [5, 5.41) is 0.747. The third-order valence-corrected chi connectivity index (χ3v) is 5.72. The van der Waals surface area contributed by atoms with Crippen molar-refractivity contribution in [3.63, 3.8) is 0 Å². The summed E-state index contributed by atoms with van der Waals surface area (Å²) >= 11 is 6.24. The molecule has 154 valence electrons. The van der Waals surface area contributed by atoms with E-state index in [-0.39, 0.29) is 28.2 Å². The Morgan fingerprint density at radius 3 is 2.52 bits per heavy atom. The predicted molar refractivity (Wildman–Crippen MR) is 118 cm³/mol. The van der Waals surface area contributed by atoms with E-state index in [0.29, 0.717) is 23.0 Å². The zero-order valence-corrected chi connectivity index (χ0v) is 17.0. The molecule has 2 heterocycles. The van der Waals surface area contributed by atoms with Gasteiger partial charge in [0, 0.05) is 16.0 Å². The average Bonchev–Trinajstić information content (AvgIpc) is 3.07. The molecular formula is C24H16ClF2N3O. The normalized spacial score (nSPS) is 11.5. The van der Waals surface area contributed by atoms with Crippen LogP contribution in [-0.2, 0) is 13.1 Å². The number of hydrogen-bond donors (Lipinski definition) is 0. The van der Waals surface area contributed by atoms with Crippen molar-refractivity contribution in [3.8, 4) is 0 Å². The first kappa shape index (κ1) is 19.5. The van der Waals surface area contributed by atoms with Crippen LogP contribution in [0, 0.1) is 11.6 Å². The Balaban J connectivity index is 1.77. The summed E-state index contributed by atoms with van der Waals surface area (Å²) in [7, 11) is 0. The number of rotatable bonds is 4. The minimum absolute atomic E-state index is 0.0173. The second kappa shape index (κ2) is 7.63. The van der Waals surface area contributed by atoms with Crippen LogP contribution in [0.15, 0.2) is 77.9 Å². The van der Waals surface area contributed by atoms with Gasteiger partial charge in [0.05, 0.1) is 24.9 Å². The Morgan fingerprint density at radius 2 is 1.74 bits per heavy atom. The third kappa shape index (κ3) is 3.39. The minimum atomic E-state index is -0.474. The van der Waals surface area contributed by atoms with Crippen molar-refractivity contribution in [3.05, 3.63) is 111 Å². The molecule has 0 amide bonds. The van der Waals surface area contributed by atoms with Gasteiger partial charge in [-0.2, -0.15) is 0 Å². The smallest absolute Gasteiger partial charge is 0.278 e. The Kier molecular flexibility index (Phi) is 4.79. The maximum Gasteiger partial charge on any atom is 0.278 e. The van der Waals surface area contributed by atoms with Gasteiger partial charge in [-0.05, 0) is 35.9 Å². The first-order valence-electron chi connectivity index (χ1n) is 9.66. The molecule has 5 aromatic rings. The lowest BCUT2D eigenvalue weighted by Gasteiger charge is -2.11. The molecule has 0 aliphatic heterocycles. The molecule has 0 saturated carbocycles. The first-order valence-corrected chi connectivity index (χ1v) is 10.0. The SMILES string of the molecule is O=c1c2c(ncn1Cc1ccccc1)c1cc(F)ccc1n2Cc1c(F)cccc1Cl. The third-order valence-electron chi connectivity index (χ3n) is 5.36. The topological polar surface area (TPSA) is 39.8 Å². The second-order valence-corrected chi connectivity index (χ2v) is 7.72.